The second kappa shape index (κ2) is 10.6. The SMILES string of the molecule is O=CN1CCN(C(=O)CSc2ccc(F)cc2Cl)CC1.c1ccc(C2CC2)cc1. The summed E-state index contributed by atoms with van der Waals surface area (Å²) in [6, 6.07) is 14.9. The lowest BCUT2D eigenvalue weighted by Gasteiger charge is -2.32. The first-order chi connectivity index (χ1) is 14.1. The Kier molecular flexibility index (Phi) is 7.95. The first-order valence-electron chi connectivity index (χ1n) is 9.66. The average Bonchev–Trinajstić information content (AvgIpc) is 3.60. The van der Waals surface area contributed by atoms with Gasteiger partial charge >= 0.3 is 0 Å². The summed E-state index contributed by atoms with van der Waals surface area (Å²) in [6.45, 7) is 2.24. The molecule has 2 fully saturated rings. The van der Waals surface area contributed by atoms with Crippen LogP contribution in [0.3, 0.4) is 0 Å². The van der Waals surface area contributed by atoms with Gasteiger partial charge in [-0.3, -0.25) is 9.59 Å². The maximum absolute atomic E-state index is 12.9. The second-order valence-corrected chi connectivity index (χ2v) is 8.49. The fraction of sp³-hybridized carbons (Fsp3) is 0.364. The first kappa shape index (κ1) is 21.7. The minimum absolute atomic E-state index is 0.000871. The Labute approximate surface area is 180 Å². The Balaban J connectivity index is 0.000000220. The van der Waals surface area contributed by atoms with Crippen LogP contribution in [-0.4, -0.2) is 54.0 Å². The van der Waals surface area contributed by atoms with Gasteiger partial charge in [0.25, 0.3) is 0 Å². The Morgan fingerprint density at radius 1 is 1.10 bits per heavy atom. The van der Waals surface area contributed by atoms with E-state index in [9.17, 15) is 14.0 Å². The Hall–Kier alpha value is -2.05. The highest BCUT2D eigenvalue weighted by atomic mass is 35.5. The summed E-state index contributed by atoms with van der Waals surface area (Å²) in [5, 5.41) is 0.313. The lowest BCUT2D eigenvalue weighted by atomic mass is 10.1. The van der Waals surface area contributed by atoms with Crippen LogP contribution < -0.4 is 0 Å². The molecule has 4 rings (SSSR count). The van der Waals surface area contributed by atoms with E-state index in [0.717, 1.165) is 12.3 Å². The molecule has 1 aliphatic carbocycles. The van der Waals surface area contributed by atoms with Crippen molar-refractivity contribution in [2.45, 2.75) is 23.7 Å². The molecule has 1 saturated heterocycles. The molecule has 2 aliphatic rings. The molecule has 1 aliphatic heterocycles. The number of halogens is 2. The number of amides is 2. The molecule has 0 radical (unpaired) electrons. The van der Waals surface area contributed by atoms with Crippen LogP contribution in [0.4, 0.5) is 4.39 Å². The number of hydrogen-bond donors (Lipinski definition) is 0. The highest BCUT2D eigenvalue weighted by Gasteiger charge is 2.22. The minimum Gasteiger partial charge on any atom is -0.342 e. The number of carbonyl (C=O) groups excluding carboxylic acids is 2. The van der Waals surface area contributed by atoms with E-state index < -0.39 is 5.82 Å². The zero-order valence-corrected chi connectivity index (χ0v) is 17.7. The molecule has 7 heteroatoms. The lowest BCUT2D eigenvalue weighted by Crippen LogP contribution is -2.48. The van der Waals surface area contributed by atoms with E-state index in [1.165, 1.54) is 42.3 Å². The average molecular weight is 435 g/mol. The van der Waals surface area contributed by atoms with Crippen LogP contribution in [0.1, 0.15) is 24.3 Å². The predicted octanol–water partition coefficient (Wildman–Crippen LogP) is 4.44. The molecule has 0 atom stereocenters. The van der Waals surface area contributed by atoms with Crippen LogP contribution in [0, 0.1) is 5.82 Å². The molecular formula is C22H24ClFN2O2S. The van der Waals surface area contributed by atoms with E-state index in [0.29, 0.717) is 36.1 Å². The third-order valence-electron chi connectivity index (χ3n) is 4.91. The number of piperazine rings is 1. The van der Waals surface area contributed by atoms with Crippen molar-refractivity contribution in [3.8, 4) is 0 Å². The van der Waals surface area contributed by atoms with E-state index in [4.69, 9.17) is 11.6 Å². The number of hydrogen-bond acceptors (Lipinski definition) is 3. The fourth-order valence-corrected chi connectivity index (χ4v) is 4.20. The first-order valence-corrected chi connectivity index (χ1v) is 11.0. The van der Waals surface area contributed by atoms with E-state index in [2.05, 4.69) is 30.3 Å². The molecule has 29 heavy (non-hydrogen) atoms. The fourth-order valence-electron chi connectivity index (χ4n) is 3.04. The highest BCUT2D eigenvalue weighted by Crippen LogP contribution is 2.39. The number of rotatable bonds is 5. The van der Waals surface area contributed by atoms with Gasteiger partial charge in [0.1, 0.15) is 5.82 Å². The molecule has 2 aromatic carbocycles. The van der Waals surface area contributed by atoms with E-state index in [1.807, 2.05) is 0 Å². The number of thioether (sulfide) groups is 1. The normalized spacial score (nSPS) is 16.1. The van der Waals surface area contributed by atoms with Crippen molar-refractivity contribution in [1.29, 1.82) is 0 Å². The topological polar surface area (TPSA) is 40.6 Å². The highest BCUT2D eigenvalue weighted by molar-refractivity contribution is 8.00. The smallest absolute Gasteiger partial charge is 0.233 e. The standard InChI is InChI=1S/C13H14ClFN2O2S.C9H10/c14-11-7-10(15)1-2-12(11)20-8-13(19)17-5-3-16(9-18)4-6-17;1-2-4-8(5-3-1)9-6-7-9/h1-2,7,9H,3-6,8H2;1-5,9H,6-7H2. The van der Waals surface area contributed by atoms with Gasteiger partial charge in [-0.2, -0.15) is 0 Å². The Morgan fingerprint density at radius 2 is 1.79 bits per heavy atom. The van der Waals surface area contributed by atoms with Gasteiger partial charge in [0.2, 0.25) is 12.3 Å². The lowest BCUT2D eigenvalue weighted by molar-refractivity contribution is -0.132. The summed E-state index contributed by atoms with van der Waals surface area (Å²) >= 11 is 7.20. The molecule has 0 N–H and O–H groups in total. The van der Waals surface area contributed by atoms with Crippen molar-refractivity contribution >= 4 is 35.7 Å². The van der Waals surface area contributed by atoms with Crippen molar-refractivity contribution < 1.29 is 14.0 Å². The van der Waals surface area contributed by atoms with Gasteiger partial charge in [0.15, 0.2) is 0 Å². The Morgan fingerprint density at radius 3 is 2.38 bits per heavy atom. The van der Waals surface area contributed by atoms with Crippen molar-refractivity contribution in [3.05, 3.63) is 64.9 Å². The molecular weight excluding hydrogens is 411 g/mol. The van der Waals surface area contributed by atoms with Gasteiger partial charge in [-0.05, 0) is 42.5 Å². The Bertz CT molecular complexity index is 825. The third kappa shape index (κ3) is 6.75. The van der Waals surface area contributed by atoms with Crippen molar-refractivity contribution in [3.63, 3.8) is 0 Å². The van der Waals surface area contributed by atoms with Crippen molar-refractivity contribution in [2.75, 3.05) is 31.9 Å². The molecule has 0 aromatic heterocycles. The number of carbonyl (C=O) groups is 2. The summed E-state index contributed by atoms with van der Waals surface area (Å²) in [7, 11) is 0. The molecule has 0 spiro atoms. The van der Waals surface area contributed by atoms with Gasteiger partial charge in [-0.15, -0.1) is 11.8 Å². The number of benzene rings is 2. The summed E-state index contributed by atoms with van der Waals surface area (Å²) in [5.74, 6) is 0.773. The van der Waals surface area contributed by atoms with Crippen LogP contribution in [0.15, 0.2) is 53.4 Å². The summed E-state index contributed by atoms with van der Waals surface area (Å²) in [5.41, 5.74) is 1.53. The van der Waals surface area contributed by atoms with Gasteiger partial charge in [-0.1, -0.05) is 41.9 Å². The van der Waals surface area contributed by atoms with Gasteiger partial charge in [0.05, 0.1) is 10.8 Å². The van der Waals surface area contributed by atoms with Gasteiger partial charge in [0, 0.05) is 31.1 Å². The van der Waals surface area contributed by atoms with E-state index in [-0.39, 0.29) is 11.7 Å². The zero-order valence-electron chi connectivity index (χ0n) is 16.1. The summed E-state index contributed by atoms with van der Waals surface area (Å²) in [4.78, 5) is 26.7. The zero-order chi connectivity index (χ0) is 20.6. The van der Waals surface area contributed by atoms with Gasteiger partial charge in [-0.25, -0.2) is 4.39 Å². The van der Waals surface area contributed by atoms with E-state index in [1.54, 1.807) is 15.9 Å². The molecule has 0 unspecified atom stereocenters. The molecule has 2 aromatic rings. The molecule has 1 heterocycles. The molecule has 2 amide bonds. The van der Waals surface area contributed by atoms with Crippen molar-refractivity contribution in [1.82, 2.24) is 9.80 Å². The van der Waals surface area contributed by atoms with Crippen LogP contribution >= 0.6 is 23.4 Å². The molecule has 4 nitrogen and oxygen atoms in total. The van der Waals surface area contributed by atoms with Crippen molar-refractivity contribution in [2.24, 2.45) is 0 Å². The van der Waals surface area contributed by atoms with Crippen LogP contribution in [0.5, 0.6) is 0 Å². The molecule has 0 bridgehead atoms. The monoisotopic (exact) mass is 434 g/mol. The predicted molar refractivity (Wildman–Crippen MR) is 115 cm³/mol. The maximum atomic E-state index is 12.9. The minimum atomic E-state index is -0.393. The largest absolute Gasteiger partial charge is 0.342 e. The maximum Gasteiger partial charge on any atom is 0.233 e. The number of nitrogens with zero attached hydrogens (tertiary/aromatic N) is 2. The quantitative estimate of drug-likeness (QED) is 0.516. The molecule has 1 saturated carbocycles. The van der Waals surface area contributed by atoms with Crippen LogP contribution in [0.25, 0.3) is 0 Å². The summed E-state index contributed by atoms with van der Waals surface area (Å²) in [6.07, 6.45) is 3.61. The summed E-state index contributed by atoms with van der Waals surface area (Å²) < 4.78 is 12.9. The van der Waals surface area contributed by atoms with E-state index >= 15 is 0 Å². The van der Waals surface area contributed by atoms with Crippen LogP contribution in [-0.2, 0) is 9.59 Å². The third-order valence-corrected chi connectivity index (χ3v) is 6.39. The van der Waals surface area contributed by atoms with Crippen LogP contribution in [0.2, 0.25) is 5.02 Å². The van der Waals surface area contributed by atoms with Gasteiger partial charge < -0.3 is 9.80 Å². The molecule has 154 valence electrons. The second-order valence-electron chi connectivity index (χ2n) is 7.07.